The number of carbonyl (C=O) groups is 1. The van der Waals surface area contributed by atoms with Crippen molar-refractivity contribution >= 4 is 17.5 Å². The first kappa shape index (κ1) is 13.0. The zero-order valence-electron chi connectivity index (χ0n) is 9.83. The highest BCUT2D eigenvalue weighted by Crippen LogP contribution is 2.14. The van der Waals surface area contributed by atoms with Gasteiger partial charge in [-0.05, 0) is 25.3 Å². The molecule has 1 aromatic rings. The van der Waals surface area contributed by atoms with Gasteiger partial charge in [-0.25, -0.2) is 0 Å². The predicted molar refractivity (Wildman–Crippen MR) is 65.6 cm³/mol. The highest BCUT2D eigenvalue weighted by Gasteiger charge is 2.13. The monoisotopic (exact) mass is 240 g/mol. The number of hydrogen-bond acceptors (Lipinski definition) is 2. The molecule has 1 atom stereocenters. The number of amides is 1. The van der Waals surface area contributed by atoms with Crippen LogP contribution in [0.3, 0.4) is 0 Å². The summed E-state index contributed by atoms with van der Waals surface area (Å²) in [6.07, 6.45) is 4.00. The van der Waals surface area contributed by atoms with Gasteiger partial charge in [-0.15, -0.1) is 0 Å². The van der Waals surface area contributed by atoms with Gasteiger partial charge in [0.05, 0.1) is 10.6 Å². The van der Waals surface area contributed by atoms with Crippen LogP contribution in [0, 0.1) is 5.92 Å². The SMILES string of the molecule is CC(C)CC(C)NC(=O)c1cnccc1Cl. The molecule has 0 saturated heterocycles. The highest BCUT2D eigenvalue weighted by molar-refractivity contribution is 6.33. The normalized spacial score (nSPS) is 12.6. The summed E-state index contributed by atoms with van der Waals surface area (Å²) in [5.74, 6) is 0.394. The number of aromatic nitrogens is 1. The van der Waals surface area contributed by atoms with E-state index in [1.807, 2.05) is 6.92 Å². The summed E-state index contributed by atoms with van der Waals surface area (Å²) in [4.78, 5) is 15.7. The molecular weight excluding hydrogens is 224 g/mol. The summed E-state index contributed by atoms with van der Waals surface area (Å²) < 4.78 is 0. The molecule has 0 aliphatic rings. The Labute approximate surface area is 101 Å². The van der Waals surface area contributed by atoms with E-state index in [0.717, 1.165) is 6.42 Å². The maximum absolute atomic E-state index is 11.8. The van der Waals surface area contributed by atoms with E-state index < -0.39 is 0 Å². The van der Waals surface area contributed by atoms with Crippen LogP contribution in [0.1, 0.15) is 37.6 Å². The smallest absolute Gasteiger partial charge is 0.254 e. The quantitative estimate of drug-likeness (QED) is 0.879. The second-order valence-corrected chi connectivity index (χ2v) is 4.77. The fourth-order valence-electron chi connectivity index (χ4n) is 1.61. The van der Waals surface area contributed by atoms with Gasteiger partial charge < -0.3 is 5.32 Å². The molecule has 1 unspecified atom stereocenters. The Hall–Kier alpha value is -1.09. The van der Waals surface area contributed by atoms with Gasteiger partial charge in [0.25, 0.3) is 5.91 Å². The molecule has 0 bridgehead atoms. The molecule has 16 heavy (non-hydrogen) atoms. The first-order valence-electron chi connectivity index (χ1n) is 5.41. The summed E-state index contributed by atoms with van der Waals surface area (Å²) in [7, 11) is 0. The molecule has 0 radical (unpaired) electrons. The van der Waals surface area contributed by atoms with E-state index in [-0.39, 0.29) is 11.9 Å². The van der Waals surface area contributed by atoms with E-state index in [9.17, 15) is 4.79 Å². The van der Waals surface area contributed by atoms with Crippen molar-refractivity contribution in [2.24, 2.45) is 5.92 Å². The maximum atomic E-state index is 11.8. The number of pyridine rings is 1. The van der Waals surface area contributed by atoms with Crippen LogP contribution in [0.25, 0.3) is 0 Å². The minimum absolute atomic E-state index is 0.142. The zero-order chi connectivity index (χ0) is 12.1. The predicted octanol–water partition coefficient (Wildman–Crippen LogP) is 2.90. The van der Waals surface area contributed by atoms with Gasteiger partial charge in [0.2, 0.25) is 0 Å². The van der Waals surface area contributed by atoms with Gasteiger partial charge in [-0.2, -0.15) is 0 Å². The number of carbonyl (C=O) groups excluding carboxylic acids is 1. The Bertz CT molecular complexity index is 366. The van der Waals surface area contributed by atoms with Gasteiger partial charge >= 0.3 is 0 Å². The number of halogens is 1. The Morgan fingerprint density at radius 2 is 2.19 bits per heavy atom. The standard InChI is InChI=1S/C12H17ClN2O/c1-8(2)6-9(3)15-12(16)10-7-14-5-4-11(10)13/h4-5,7-9H,6H2,1-3H3,(H,15,16). The molecule has 0 saturated carbocycles. The van der Waals surface area contributed by atoms with Crippen LogP contribution in [0.4, 0.5) is 0 Å². The fraction of sp³-hybridized carbons (Fsp3) is 0.500. The van der Waals surface area contributed by atoms with Crippen molar-refractivity contribution in [2.75, 3.05) is 0 Å². The molecule has 4 heteroatoms. The van der Waals surface area contributed by atoms with Crippen LogP contribution < -0.4 is 5.32 Å². The van der Waals surface area contributed by atoms with Gasteiger partial charge in [-0.1, -0.05) is 25.4 Å². The number of rotatable bonds is 4. The lowest BCUT2D eigenvalue weighted by Crippen LogP contribution is -2.33. The van der Waals surface area contributed by atoms with Crippen molar-refractivity contribution in [3.05, 3.63) is 29.0 Å². The molecule has 1 aromatic heterocycles. The first-order valence-corrected chi connectivity index (χ1v) is 5.79. The van der Waals surface area contributed by atoms with Crippen molar-refractivity contribution in [3.63, 3.8) is 0 Å². The second-order valence-electron chi connectivity index (χ2n) is 4.36. The molecular formula is C12H17ClN2O. The van der Waals surface area contributed by atoms with Gasteiger partial charge in [0.15, 0.2) is 0 Å². The number of hydrogen-bond donors (Lipinski definition) is 1. The molecule has 1 amide bonds. The van der Waals surface area contributed by atoms with E-state index >= 15 is 0 Å². The Morgan fingerprint density at radius 3 is 2.75 bits per heavy atom. The van der Waals surface area contributed by atoms with Crippen molar-refractivity contribution < 1.29 is 4.79 Å². The molecule has 0 aliphatic heterocycles. The average Bonchev–Trinajstić information content (AvgIpc) is 2.16. The van der Waals surface area contributed by atoms with Crippen LogP contribution in [0.5, 0.6) is 0 Å². The third-order valence-electron chi connectivity index (χ3n) is 2.21. The Morgan fingerprint density at radius 1 is 1.50 bits per heavy atom. The molecule has 1 heterocycles. The summed E-state index contributed by atoms with van der Waals surface area (Å²) in [6.45, 7) is 6.24. The topological polar surface area (TPSA) is 42.0 Å². The summed E-state index contributed by atoms with van der Waals surface area (Å²) in [6, 6.07) is 1.76. The molecule has 1 N–H and O–H groups in total. The van der Waals surface area contributed by atoms with Crippen molar-refractivity contribution in [1.82, 2.24) is 10.3 Å². The molecule has 88 valence electrons. The van der Waals surface area contributed by atoms with Crippen LogP contribution in [-0.4, -0.2) is 16.9 Å². The van der Waals surface area contributed by atoms with Gasteiger partial charge in [-0.3, -0.25) is 9.78 Å². The van der Waals surface area contributed by atoms with Crippen molar-refractivity contribution in [3.8, 4) is 0 Å². The molecule has 0 spiro atoms. The Balaban J connectivity index is 2.63. The fourth-order valence-corrected chi connectivity index (χ4v) is 1.80. The van der Waals surface area contributed by atoms with Gasteiger partial charge in [0.1, 0.15) is 0 Å². The highest BCUT2D eigenvalue weighted by atomic mass is 35.5. The minimum atomic E-state index is -0.161. The lowest BCUT2D eigenvalue weighted by atomic mass is 10.1. The molecule has 3 nitrogen and oxygen atoms in total. The second kappa shape index (κ2) is 5.85. The van der Waals surface area contributed by atoms with Crippen LogP contribution in [0.2, 0.25) is 5.02 Å². The minimum Gasteiger partial charge on any atom is -0.349 e. The number of nitrogens with zero attached hydrogens (tertiary/aromatic N) is 1. The molecule has 0 aliphatic carbocycles. The summed E-state index contributed by atoms with van der Waals surface area (Å²) >= 11 is 5.91. The van der Waals surface area contributed by atoms with E-state index in [1.54, 1.807) is 12.3 Å². The summed E-state index contributed by atoms with van der Waals surface area (Å²) in [5, 5.41) is 3.34. The third kappa shape index (κ3) is 3.81. The van der Waals surface area contributed by atoms with Crippen molar-refractivity contribution in [1.29, 1.82) is 0 Å². The zero-order valence-corrected chi connectivity index (χ0v) is 10.6. The maximum Gasteiger partial charge on any atom is 0.254 e. The number of nitrogens with one attached hydrogen (secondary N) is 1. The summed E-state index contributed by atoms with van der Waals surface area (Å²) in [5.41, 5.74) is 0.430. The van der Waals surface area contributed by atoms with E-state index in [1.165, 1.54) is 6.20 Å². The van der Waals surface area contributed by atoms with Crippen LogP contribution >= 0.6 is 11.6 Å². The largest absolute Gasteiger partial charge is 0.349 e. The molecule has 1 rings (SSSR count). The lowest BCUT2D eigenvalue weighted by Gasteiger charge is -2.16. The van der Waals surface area contributed by atoms with E-state index in [4.69, 9.17) is 11.6 Å². The van der Waals surface area contributed by atoms with E-state index in [2.05, 4.69) is 24.1 Å². The third-order valence-corrected chi connectivity index (χ3v) is 2.54. The van der Waals surface area contributed by atoms with E-state index in [0.29, 0.717) is 16.5 Å². The average molecular weight is 241 g/mol. The molecule has 0 aromatic carbocycles. The Kier molecular flexibility index (Phi) is 4.74. The van der Waals surface area contributed by atoms with Crippen LogP contribution in [-0.2, 0) is 0 Å². The van der Waals surface area contributed by atoms with Crippen LogP contribution in [0.15, 0.2) is 18.5 Å². The lowest BCUT2D eigenvalue weighted by molar-refractivity contribution is 0.0936. The van der Waals surface area contributed by atoms with Crippen molar-refractivity contribution in [2.45, 2.75) is 33.2 Å². The first-order chi connectivity index (χ1) is 7.50. The molecule has 0 fully saturated rings. The van der Waals surface area contributed by atoms with Gasteiger partial charge in [0, 0.05) is 18.4 Å².